The molecule has 0 atom stereocenters. The highest BCUT2D eigenvalue weighted by molar-refractivity contribution is 5.84. The summed E-state index contributed by atoms with van der Waals surface area (Å²) in [6, 6.07) is 13.4. The second-order valence-corrected chi connectivity index (χ2v) is 5.32. The standard InChI is InChI=1S/C18H20N2O2/c1-22-16-6-7-18-17(10-16)14(12-20-18)11-19-9-8-13-2-4-15(21)5-3-13/h2-7,10,12,19-21H,8-9,11H2,1H3. The van der Waals surface area contributed by atoms with Crippen LogP contribution in [0.2, 0.25) is 0 Å². The number of hydrogen-bond donors (Lipinski definition) is 3. The molecular formula is C18H20N2O2. The SMILES string of the molecule is COc1ccc2[nH]cc(CNCCc3ccc(O)cc3)c2c1. The van der Waals surface area contributed by atoms with Gasteiger partial charge in [-0.05, 0) is 54.4 Å². The maximum atomic E-state index is 9.27. The molecule has 0 aliphatic heterocycles. The smallest absolute Gasteiger partial charge is 0.119 e. The van der Waals surface area contributed by atoms with Gasteiger partial charge in [-0.25, -0.2) is 0 Å². The van der Waals surface area contributed by atoms with Crippen LogP contribution in [0, 0.1) is 0 Å². The topological polar surface area (TPSA) is 57.3 Å². The molecule has 3 N–H and O–H groups in total. The molecule has 0 unspecified atom stereocenters. The molecule has 0 radical (unpaired) electrons. The monoisotopic (exact) mass is 296 g/mol. The summed E-state index contributed by atoms with van der Waals surface area (Å²) in [4.78, 5) is 3.28. The van der Waals surface area contributed by atoms with Crippen molar-refractivity contribution in [2.75, 3.05) is 13.7 Å². The number of H-pyrrole nitrogens is 1. The molecule has 2 aromatic carbocycles. The molecule has 0 saturated carbocycles. The minimum atomic E-state index is 0.310. The number of aromatic nitrogens is 1. The zero-order valence-electron chi connectivity index (χ0n) is 12.6. The number of hydrogen-bond acceptors (Lipinski definition) is 3. The lowest BCUT2D eigenvalue weighted by molar-refractivity contribution is 0.415. The van der Waals surface area contributed by atoms with Gasteiger partial charge in [-0.1, -0.05) is 12.1 Å². The fourth-order valence-electron chi connectivity index (χ4n) is 2.55. The molecule has 4 nitrogen and oxygen atoms in total. The third-order valence-electron chi connectivity index (χ3n) is 3.82. The number of rotatable bonds is 6. The van der Waals surface area contributed by atoms with E-state index < -0.39 is 0 Å². The van der Waals surface area contributed by atoms with E-state index in [1.807, 2.05) is 30.5 Å². The first-order chi connectivity index (χ1) is 10.8. The Morgan fingerprint density at radius 1 is 1.14 bits per heavy atom. The van der Waals surface area contributed by atoms with E-state index in [4.69, 9.17) is 4.74 Å². The number of phenolic OH excluding ortho intramolecular Hbond substituents is 1. The summed E-state index contributed by atoms with van der Waals surface area (Å²) >= 11 is 0. The van der Waals surface area contributed by atoms with Crippen LogP contribution in [0.1, 0.15) is 11.1 Å². The molecule has 4 heteroatoms. The van der Waals surface area contributed by atoms with Gasteiger partial charge in [-0.15, -0.1) is 0 Å². The van der Waals surface area contributed by atoms with Gasteiger partial charge in [0.2, 0.25) is 0 Å². The van der Waals surface area contributed by atoms with E-state index in [0.29, 0.717) is 5.75 Å². The van der Waals surface area contributed by atoms with Gasteiger partial charge >= 0.3 is 0 Å². The number of phenols is 1. The summed E-state index contributed by atoms with van der Waals surface area (Å²) in [6.07, 6.45) is 2.98. The van der Waals surface area contributed by atoms with Crippen LogP contribution < -0.4 is 10.1 Å². The Morgan fingerprint density at radius 2 is 1.95 bits per heavy atom. The van der Waals surface area contributed by atoms with Crippen molar-refractivity contribution < 1.29 is 9.84 Å². The lowest BCUT2D eigenvalue weighted by atomic mass is 10.1. The van der Waals surface area contributed by atoms with Crippen molar-refractivity contribution in [3.63, 3.8) is 0 Å². The number of fused-ring (bicyclic) bond motifs is 1. The normalized spacial score (nSPS) is 11.0. The van der Waals surface area contributed by atoms with Crippen LogP contribution in [0.25, 0.3) is 10.9 Å². The molecule has 1 heterocycles. The third-order valence-corrected chi connectivity index (χ3v) is 3.82. The van der Waals surface area contributed by atoms with E-state index in [9.17, 15) is 5.11 Å². The van der Waals surface area contributed by atoms with Gasteiger partial charge in [-0.2, -0.15) is 0 Å². The minimum absolute atomic E-state index is 0.310. The van der Waals surface area contributed by atoms with Crippen molar-refractivity contribution in [1.82, 2.24) is 10.3 Å². The number of nitrogens with one attached hydrogen (secondary N) is 2. The minimum Gasteiger partial charge on any atom is -0.508 e. The Morgan fingerprint density at radius 3 is 2.73 bits per heavy atom. The lowest BCUT2D eigenvalue weighted by Crippen LogP contribution is -2.16. The van der Waals surface area contributed by atoms with E-state index in [1.165, 1.54) is 16.5 Å². The summed E-state index contributed by atoms with van der Waals surface area (Å²) < 4.78 is 5.29. The zero-order valence-corrected chi connectivity index (χ0v) is 12.6. The lowest BCUT2D eigenvalue weighted by Gasteiger charge is -2.05. The first kappa shape index (κ1) is 14.5. The second kappa shape index (κ2) is 6.54. The summed E-state index contributed by atoms with van der Waals surface area (Å²) in [5.41, 5.74) is 3.57. The average molecular weight is 296 g/mol. The Hall–Kier alpha value is -2.46. The molecule has 0 spiro atoms. The zero-order chi connectivity index (χ0) is 15.4. The van der Waals surface area contributed by atoms with Gasteiger partial charge in [0.1, 0.15) is 11.5 Å². The third kappa shape index (κ3) is 3.23. The Balaban J connectivity index is 1.58. The van der Waals surface area contributed by atoms with E-state index in [-0.39, 0.29) is 0 Å². The van der Waals surface area contributed by atoms with Crippen molar-refractivity contribution >= 4 is 10.9 Å². The van der Waals surface area contributed by atoms with Crippen molar-refractivity contribution in [2.24, 2.45) is 0 Å². The Labute approximate surface area is 129 Å². The Bertz CT molecular complexity index is 747. The van der Waals surface area contributed by atoms with Crippen LogP contribution in [-0.4, -0.2) is 23.7 Å². The maximum Gasteiger partial charge on any atom is 0.119 e. The predicted molar refractivity (Wildman–Crippen MR) is 88.4 cm³/mol. The van der Waals surface area contributed by atoms with Gasteiger partial charge in [0, 0.05) is 23.6 Å². The quantitative estimate of drug-likeness (QED) is 0.612. The second-order valence-electron chi connectivity index (χ2n) is 5.32. The van der Waals surface area contributed by atoms with Crippen LogP contribution in [-0.2, 0) is 13.0 Å². The summed E-state index contributed by atoms with van der Waals surface area (Å²) in [5.74, 6) is 1.18. The molecular weight excluding hydrogens is 276 g/mol. The van der Waals surface area contributed by atoms with Crippen LogP contribution in [0.15, 0.2) is 48.7 Å². The molecule has 3 rings (SSSR count). The highest BCUT2D eigenvalue weighted by Gasteiger charge is 2.04. The van der Waals surface area contributed by atoms with Crippen molar-refractivity contribution in [3.05, 3.63) is 59.8 Å². The number of aromatic amines is 1. The first-order valence-electron chi connectivity index (χ1n) is 7.39. The fraction of sp³-hybridized carbons (Fsp3) is 0.222. The molecule has 0 saturated heterocycles. The molecule has 114 valence electrons. The van der Waals surface area contributed by atoms with Gasteiger partial charge < -0.3 is 20.1 Å². The number of aromatic hydroxyl groups is 1. The number of methoxy groups -OCH3 is 1. The van der Waals surface area contributed by atoms with Gasteiger partial charge in [0.15, 0.2) is 0 Å². The van der Waals surface area contributed by atoms with Crippen molar-refractivity contribution in [2.45, 2.75) is 13.0 Å². The van der Waals surface area contributed by atoms with Gasteiger partial charge in [0.05, 0.1) is 7.11 Å². The predicted octanol–water partition coefficient (Wildman–Crippen LogP) is 3.21. The first-order valence-corrected chi connectivity index (χ1v) is 7.39. The molecule has 0 amide bonds. The molecule has 3 aromatic rings. The Kier molecular flexibility index (Phi) is 4.30. The largest absolute Gasteiger partial charge is 0.508 e. The summed E-state index contributed by atoms with van der Waals surface area (Å²) in [6.45, 7) is 1.70. The highest BCUT2D eigenvalue weighted by atomic mass is 16.5. The molecule has 22 heavy (non-hydrogen) atoms. The molecule has 0 bridgehead atoms. The number of benzene rings is 2. The van der Waals surface area contributed by atoms with Crippen molar-refractivity contribution in [3.8, 4) is 11.5 Å². The van der Waals surface area contributed by atoms with Gasteiger partial charge in [-0.3, -0.25) is 0 Å². The summed E-state index contributed by atoms with van der Waals surface area (Å²) in [7, 11) is 1.68. The van der Waals surface area contributed by atoms with Crippen LogP contribution >= 0.6 is 0 Å². The maximum absolute atomic E-state index is 9.27. The van der Waals surface area contributed by atoms with E-state index in [0.717, 1.165) is 30.8 Å². The van der Waals surface area contributed by atoms with E-state index >= 15 is 0 Å². The van der Waals surface area contributed by atoms with Crippen LogP contribution in [0.4, 0.5) is 0 Å². The fourth-order valence-corrected chi connectivity index (χ4v) is 2.55. The molecule has 0 aliphatic rings. The van der Waals surface area contributed by atoms with E-state index in [2.05, 4.69) is 16.4 Å². The van der Waals surface area contributed by atoms with E-state index in [1.54, 1.807) is 19.2 Å². The van der Waals surface area contributed by atoms with Crippen LogP contribution in [0.3, 0.4) is 0 Å². The average Bonchev–Trinajstić information content (AvgIpc) is 2.95. The number of ether oxygens (including phenoxy) is 1. The molecule has 0 fully saturated rings. The van der Waals surface area contributed by atoms with Crippen molar-refractivity contribution in [1.29, 1.82) is 0 Å². The molecule has 0 aliphatic carbocycles. The molecule has 1 aromatic heterocycles. The van der Waals surface area contributed by atoms with Crippen LogP contribution in [0.5, 0.6) is 11.5 Å². The van der Waals surface area contributed by atoms with Gasteiger partial charge in [0.25, 0.3) is 0 Å². The highest BCUT2D eigenvalue weighted by Crippen LogP contribution is 2.23. The summed E-state index contributed by atoms with van der Waals surface area (Å²) in [5, 5.41) is 13.9.